The second-order valence-corrected chi connectivity index (χ2v) is 5.80. The summed E-state index contributed by atoms with van der Waals surface area (Å²) in [5.41, 5.74) is 2.84. The number of nitrogens with one attached hydrogen (secondary N) is 3. The molecule has 3 rings (SSSR count). The van der Waals surface area contributed by atoms with Crippen LogP contribution in [0.1, 0.15) is 5.56 Å². The molecule has 0 fully saturated rings. The van der Waals surface area contributed by atoms with E-state index in [-0.39, 0.29) is 6.03 Å². The van der Waals surface area contributed by atoms with Gasteiger partial charge in [0, 0.05) is 40.4 Å². The van der Waals surface area contributed by atoms with Crippen molar-refractivity contribution in [2.24, 2.45) is 0 Å². The second-order valence-electron chi connectivity index (χ2n) is 5.37. The Bertz CT molecular complexity index is 860. The smallest absolute Gasteiger partial charge is 0.319 e. The lowest BCUT2D eigenvalue weighted by Gasteiger charge is -2.07. The Kier molecular flexibility index (Phi) is 4.91. The van der Waals surface area contributed by atoms with Crippen molar-refractivity contribution in [1.29, 1.82) is 0 Å². The van der Waals surface area contributed by atoms with Crippen LogP contribution in [0.25, 0.3) is 10.9 Å². The van der Waals surface area contributed by atoms with Crippen LogP contribution in [0, 0.1) is 0 Å². The Hall–Kier alpha value is -2.66. The van der Waals surface area contributed by atoms with E-state index in [4.69, 9.17) is 16.3 Å². The molecule has 2 aromatic carbocycles. The summed E-state index contributed by atoms with van der Waals surface area (Å²) in [5.74, 6) is 0.815. The van der Waals surface area contributed by atoms with Gasteiger partial charge in [-0.2, -0.15) is 0 Å². The first-order chi connectivity index (χ1) is 11.7. The van der Waals surface area contributed by atoms with Gasteiger partial charge in [-0.25, -0.2) is 4.79 Å². The van der Waals surface area contributed by atoms with Gasteiger partial charge in [-0.1, -0.05) is 17.7 Å². The highest BCUT2D eigenvalue weighted by atomic mass is 35.5. The lowest BCUT2D eigenvalue weighted by molar-refractivity contribution is 0.252. The molecule has 0 saturated heterocycles. The molecule has 124 valence electrons. The third-order valence-electron chi connectivity index (χ3n) is 3.74. The number of hydrogen-bond acceptors (Lipinski definition) is 2. The lowest BCUT2D eigenvalue weighted by atomic mass is 10.1. The summed E-state index contributed by atoms with van der Waals surface area (Å²) in [5, 5.41) is 7.32. The molecule has 0 saturated carbocycles. The number of carbonyl (C=O) groups excluding carboxylic acids is 1. The maximum absolute atomic E-state index is 11.9. The standard InChI is InChI=1S/C18H18ClN3O2/c1-24-15-5-6-16-12(11-21-17(16)10-15)7-8-20-18(23)22-14-4-2-3-13(19)9-14/h2-6,9-11,21H,7-8H2,1H3,(H2,20,22,23). The topological polar surface area (TPSA) is 66.2 Å². The number of rotatable bonds is 5. The number of hydrogen-bond donors (Lipinski definition) is 3. The second kappa shape index (κ2) is 7.27. The van der Waals surface area contributed by atoms with E-state index in [1.54, 1.807) is 31.4 Å². The summed E-state index contributed by atoms with van der Waals surface area (Å²) in [6, 6.07) is 12.7. The Morgan fingerprint density at radius 2 is 2.12 bits per heavy atom. The van der Waals surface area contributed by atoms with Gasteiger partial charge < -0.3 is 20.4 Å². The highest BCUT2D eigenvalue weighted by molar-refractivity contribution is 6.30. The van der Waals surface area contributed by atoms with Gasteiger partial charge in [-0.15, -0.1) is 0 Å². The van der Waals surface area contributed by atoms with E-state index in [1.807, 2.05) is 24.4 Å². The van der Waals surface area contributed by atoms with E-state index in [2.05, 4.69) is 15.6 Å². The number of benzene rings is 2. The first-order valence-corrected chi connectivity index (χ1v) is 7.98. The van der Waals surface area contributed by atoms with Crippen LogP contribution in [0.5, 0.6) is 5.75 Å². The zero-order valence-electron chi connectivity index (χ0n) is 13.2. The number of aromatic nitrogens is 1. The van der Waals surface area contributed by atoms with Crippen LogP contribution in [0.3, 0.4) is 0 Å². The normalized spacial score (nSPS) is 10.6. The van der Waals surface area contributed by atoms with Crippen molar-refractivity contribution in [1.82, 2.24) is 10.3 Å². The molecule has 0 radical (unpaired) electrons. The average Bonchev–Trinajstić information content (AvgIpc) is 2.97. The van der Waals surface area contributed by atoms with Gasteiger partial charge in [-0.05, 0) is 42.3 Å². The highest BCUT2D eigenvalue weighted by Crippen LogP contribution is 2.23. The van der Waals surface area contributed by atoms with Gasteiger partial charge in [0.05, 0.1) is 7.11 Å². The van der Waals surface area contributed by atoms with Crippen LogP contribution in [0.15, 0.2) is 48.7 Å². The molecule has 5 nitrogen and oxygen atoms in total. The number of halogens is 1. The Morgan fingerprint density at radius 1 is 1.25 bits per heavy atom. The van der Waals surface area contributed by atoms with E-state index >= 15 is 0 Å². The minimum atomic E-state index is -0.251. The van der Waals surface area contributed by atoms with Crippen molar-refractivity contribution in [2.45, 2.75) is 6.42 Å². The van der Waals surface area contributed by atoms with Gasteiger partial charge in [0.15, 0.2) is 0 Å². The summed E-state index contributed by atoms with van der Waals surface area (Å²) in [4.78, 5) is 15.1. The molecule has 1 heterocycles. The number of anilines is 1. The van der Waals surface area contributed by atoms with Crippen LogP contribution in [-0.2, 0) is 6.42 Å². The van der Waals surface area contributed by atoms with Crippen LogP contribution in [-0.4, -0.2) is 24.7 Å². The molecule has 0 aliphatic rings. The van der Waals surface area contributed by atoms with Crippen molar-refractivity contribution in [3.63, 3.8) is 0 Å². The SMILES string of the molecule is COc1ccc2c(CCNC(=O)Nc3cccc(Cl)c3)c[nH]c2c1. The first kappa shape index (κ1) is 16.2. The third-order valence-corrected chi connectivity index (χ3v) is 3.97. The van der Waals surface area contributed by atoms with Crippen LogP contribution in [0.4, 0.5) is 10.5 Å². The molecule has 0 bridgehead atoms. The number of amides is 2. The third kappa shape index (κ3) is 3.81. The molecule has 0 aliphatic heterocycles. The van der Waals surface area contributed by atoms with Crippen LogP contribution < -0.4 is 15.4 Å². The fourth-order valence-electron chi connectivity index (χ4n) is 2.55. The van der Waals surface area contributed by atoms with Crippen LogP contribution >= 0.6 is 11.6 Å². The number of ether oxygens (including phenoxy) is 1. The van der Waals surface area contributed by atoms with Crippen molar-refractivity contribution >= 4 is 34.2 Å². The molecular formula is C18H18ClN3O2. The molecule has 3 N–H and O–H groups in total. The number of H-pyrrole nitrogens is 1. The minimum Gasteiger partial charge on any atom is -0.497 e. The fraction of sp³-hybridized carbons (Fsp3) is 0.167. The first-order valence-electron chi connectivity index (χ1n) is 7.60. The molecule has 1 aromatic heterocycles. The number of carbonyl (C=O) groups is 1. The van der Waals surface area contributed by atoms with Gasteiger partial charge in [0.25, 0.3) is 0 Å². The molecule has 0 spiro atoms. The number of aromatic amines is 1. The maximum atomic E-state index is 11.9. The molecular weight excluding hydrogens is 326 g/mol. The van der Waals surface area contributed by atoms with E-state index in [9.17, 15) is 4.79 Å². The Morgan fingerprint density at radius 3 is 2.92 bits per heavy atom. The number of fused-ring (bicyclic) bond motifs is 1. The monoisotopic (exact) mass is 343 g/mol. The average molecular weight is 344 g/mol. The largest absolute Gasteiger partial charge is 0.497 e. The summed E-state index contributed by atoms with van der Waals surface area (Å²) in [7, 11) is 1.65. The van der Waals surface area contributed by atoms with Gasteiger partial charge in [0.2, 0.25) is 0 Å². The van der Waals surface area contributed by atoms with Crippen molar-refractivity contribution in [3.8, 4) is 5.75 Å². The van der Waals surface area contributed by atoms with Gasteiger partial charge in [0.1, 0.15) is 5.75 Å². The maximum Gasteiger partial charge on any atom is 0.319 e. The molecule has 2 amide bonds. The van der Waals surface area contributed by atoms with E-state index in [0.717, 1.165) is 28.6 Å². The minimum absolute atomic E-state index is 0.251. The summed E-state index contributed by atoms with van der Waals surface area (Å²) >= 11 is 5.89. The molecule has 0 atom stereocenters. The predicted octanol–water partition coefficient (Wildman–Crippen LogP) is 4.19. The zero-order valence-corrected chi connectivity index (χ0v) is 14.0. The molecule has 0 aliphatic carbocycles. The lowest BCUT2D eigenvalue weighted by Crippen LogP contribution is -2.30. The van der Waals surface area contributed by atoms with Crippen molar-refractivity contribution in [2.75, 3.05) is 19.0 Å². The number of methoxy groups -OCH3 is 1. The fourth-order valence-corrected chi connectivity index (χ4v) is 2.74. The van der Waals surface area contributed by atoms with E-state index < -0.39 is 0 Å². The quantitative estimate of drug-likeness (QED) is 0.650. The van der Waals surface area contributed by atoms with E-state index in [0.29, 0.717) is 17.3 Å². The summed E-state index contributed by atoms with van der Waals surface area (Å²) in [6.07, 6.45) is 2.69. The molecule has 6 heteroatoms. The molecule has 24 heavy (non-hydrogen) atoms. The molecule has 0 unspecified atom stereocenters. The number of urea groups is 1. The molecule has 3 aromatic rings. The zero-order chi connectivity index (χ0) is 16.9. The van der Waals surface area contributed by atoms with Gasteiger partial charge in [-0.3, -0.25) is 0 Å². The predicted molar refractivity (Wildman–Crippen MR) is 97.0 cm³/mol. The van der Waals surface area contributed by atoms with Crippen LogP contribution in [0.2, 0.25) is 5.02 Å². The van der Waals surface area contributed by atoms with Gasteiger partial charge >= 0.3 is 6.03 Å². The Labute approximate surface area is 145 Å². The summed E-state index contributed by atoms with van der Waals surface area (Å²) in [6.45, 7) is 0.533. The van der Waals surface area contributed by atoms with Crippen molar-refractivity contribution in [3.05, 3.63) is 59.2 Å². The van der Waals surface area contributed by atoms with Crippen molar-refractivity contribution < 1.29 is 9.53 Å². The Balaban J connectivity index is 1.55. The van der Waals surface area contributed by atoms with E-state index in [1.165, 1.54) is 0 Å². The highest BCUT2D eigenvalue weighted by Gasteiger charge is 2.06. The summed E-state index contributed by atoms with van der Waals surface area (Å²) < 4.78 is 5.21.